The van der Waals surface area contributed by atoms with E-state index < -0.39 is 0 Å². The Morgan fingerprint density at radius 2 is 2.18 bits per heavy atom. The highest BCUT2D eigenvalue weighted by molar-refractivity contribution is 6.30. The van der Waals surface area contributed by atoms with E-state index in [0.717, 1.165) is 5.56 Å². The monoisotopic (exact) mass is 401 g/mol. The fraction of sp³-hybridized carbons (Fsp3) is 0.211. The van der Waals surface area contributed by atoms with Crippen LogP contribution in [0.5, 0.6) is 11.6 Å². The van der Waals surface area contributed by atoms with E-state index >= 15 is 0 Å². The molecular formula is C19H20ClN5O3. The zero-order valence-corrected chi connectivity index (χ0v) is 16.0. The van der Waals surface area contributed by atoms with Gasteiger partial charge < -0.3 is 20.1 Å². The Labute approximate surface area is 167 Å². The lowest BCUT2D eigenvalue weighted by atomic mass is 10.2. The van der Waals surface area contributed by atoms with Gasteiger partial charge in [-0.25, -0.2) is 4.98 Å². The number of carbonyl (C=O) groups is 1. The van der Waals surface area contributed by atoms with Crippen molar-refractivity contribution in [2.24, 2.45) is 0 Å². The van der Waals surface area contributed by atoms with Gasteiger partial charge >= 0.3 is 0 Å². The van der Waals surface area contributed by atoms with E-state index in [9.17, 15) is 4.79 Å². The first-order valence-corrected chi connectivity index (χ1v) is 8.90. The first-order chi connectivity index (χ1) is 13.6. The lowest BCUT2D eigenvalue weighted by molar-refractivity contribution is 0.0717. The van der Waals surface area contributed by atoms with Gasteiger partial charge in [0.2, 0.25) is 5.88 Å². The minimum Gasteiger partial charge on any atom is -0.492 e. The van der Waals surface area contributed by atoms with Crippen molar-refractivity contribution in [1.82, 2.24) is 20.1 Å². The van der Waals surface area contributed by atoms with E-state index in [-0.39, 0.29) is 18.3 Å². The van der Waals surface area contributed by atoms with Gasteiger partial charge in [-0.15, -0.1) is 0 Å². The quantitative estimate of drug-likeness (QED) is 0.601. The molecule has 28 heavy (non-hydrogen) atoms. The number of aromatic nitrogens is 3. The van der Waals surface area contributed by atoms with Crippen LogP contribution >= 0.6 is 11.6 Å². The summed E-state index contributed by atoms with van der Waals surface area (Å²) >= 11 is 5.97. The Bertz CT molecular complexity index is 947. The Kier molecular flexibility index (Phi) is 6.33. The van der Waals surface area contributed by atoms with Crippen LogP contribution in [0.25, 0.3) is 0 Å². The number of pyridine rings is 1. The van der Waals surface area contributed by atoms with Crippen molar-refractivity contribution in [3.8, 4) is 11.6 Å². The molecule has 0 saturated heterocycles. The number of benzene rings is 1. The number of ether oxygens (including phenoxy) is 2. The average molecular weight is 402 g/mol. The number of nitrogens with one attached hydrogen (secondary N) is 1. The second-order valence-corrected chi connectivity index (χ2v) is 6.36. The number of anilines is 1. The maximum absolute atomic E-state index is 12.9. The van der Waals surface area contributed by atoms with Crippen molar-refractivity contribution < 1.29 is 14.3 Å². The first kappa shape index (κ1) is 19.5. The largest absolute Gasteiger partial charge is 0.492 e. The summed E-state index contributed by atoms with van der Waals surface area (Å²) in [6, 6.07) is 10.7. The highest BCUT2D eigenvalue weighted by Crippen LogP contribution is 2.18. The summed E-state index contributed by atoms with van der Waals surface area (Å²) in [5.74, 6) is 1.01. The highest BCUT2D eigenvalue weighted by atomic mass is 35.5. The molecule has 0 unspecified atom stereocenters. The van der Waals surface area contributed by atoms with E-state index in [2.05, 4.69) is 15.2 Å². The van der Waals surface area contributed by atoms with Crippen molar-refractivity contribution in [3.63, 3.8) is 0 Å². The molecule has 0 saturated carbocycles. The van der Waals surface area contributed by atoms with Crippen LogP contribution in [-0.4, -0.2) is 46.2 Å². The van der Waals surface area contributed by atoms with Gasteiger partial charge in [0.05, 0.1) is 13.7 Å². The van der Waals surface area contributed by atoms with Gasteiger partial charge in [-0.05, 0) is 29.8 Å². The predicted molar refractivity (Wildman–Crippen MR) is 105 cm³/mol. The lowest BCUT2D eigenvalue weighted by Crippen LogP contribution is -2.34. The van der Waals surface area contributed by atoms with Crippen LogP contribution in [0, 0.1) is 0 Å². The molecule has 8 nitrogen and oxygen atoms in total. The van der Waals surface area contributed by atoms with Crippen molar-refractivity contribution in [1.29, 1.82) is 0 Å². The zero-order chi connectivity index (χ0) is 19.9. The summed E-state index contributed by atoms with van der Waals surface area (Å²) in [6.45, 7) is 0.952. The van der Waals surface area contributed by atoms with E-state index in [0.29, 0.717) is 35.3 Å². The number of halogens is 1. The SMILES string of the molecule is COc1cc(CN(CCOc2cccc(Cl)c2)C(=O)c2c[nH]nc2N)ccn1. The average Bonchev–Trinajstić information content (AvgIpc) is 3.13. The van der Waals surface area contributed by atoms with Crippen molar-refractivity contribution in [2.75, 3.05) is 26.0 Å². The molecule has 2 aromatic heterocycles. The smallest absolute Gasteiger partial charge is 0.259 e. The normalized spacial score (nSPS) is 10.5. The van der Waals surface area contributed by atoms with Crippen LogP contribution in [0.1, 0.15) is 15.9 Å². The molecule has 3 rings (SSSR count). The fourth-order valence-corrected chi connectivity index (χ4v) is 2.79. The lowest BCUT2D eigenvalue weighted by Gasteiger charge is -2.23. The van der Waals surface area contributed by atoms with Crippen LogP contribution in [0.15, 0.2) is 48.8 Å². The molecule has 0 aliphatic rings. The van der Waals surface area contributed by atoms with Crippen LogP contribution < -0.4 is 15.2 Å². The first-order valence-electron chi connectivity index (χ1n) is 8.52. The number of nitrogen functional groups attached to an aromatic ring is 1. The van der Waals surface area contributed by atoms with Gasteiger partial charge in [0, 0.05) is 30.0 Å². The number of aromatic amines is 1. The molecule has 1 amide bonds. The van der Waals surface area contributed by atoms with E-state index in [1.165, 1.54) is 6.20 Å². The minimum absolute atomic E-state index is 0.151. The molecule has 0 fully saturated rings. The molecular weight excluding hydrogens is 382 g/mol. The highest BCUT2D eigenvalue weighted by Gasteiger charge is 2.20. The molecule has 146 valence electrons. The van der Waals surface area contributed by atoms with E-state index in [4.69, 9.17) is 26.8 Å². The number of H-pyrrole nitrogens is 1. The third kappa shape index (κ3) is 4.92. The maximum Gasteiger partial charge on any atom is 0.259 e. The van der Waals surface area contributed by atoms with Gasteiger partial charge in [-0.2, -0.15) is 5.10 Å². The Morgan fingerprint density at radius 3 is 2.89 bits per heavy atom. The zero-order valence-electron chi connectivity index (χ0n) is 15.3. The third-order valence-corrected chi connectivity index (χ3v) is 4.23. The Balaban J connectivity index is 1.73. The molecule has 0 radical (unpaired) electrons. The van der Waals surface area contributed by atoms with Crippen LogP contribution in [0.2, 0.25) is 5.02 Å². The number of hydrogen-bond donors (Lipinski definition) is 2. The van der Waals surface area contributed by atoms with Gasteiger partial charge in [0.25, 0.3) is 5.91 Å². The summed E-state index contributed by atoms with van der Waals surface area (Å²) in [7, 11) is 1.54. The topological polar surface area (TPSA) is 106 Å². The summed E-state index contributed by atoms with van der Waals surface area (Å²) in [6.07, 6.45) is 3.11. The number of carbonyl (C=O) groups excluding carboxylic acids is 1. The number of rotatable bonds is 8. The van der Waals surface area contributed by atoms with Crippen LogP contribution in [0.3, 0.4) is 0 Å². The molecule has 0 aliphatic heterocycles. The second kappa shape index (κ2) is 9.09. The predicted octanol–water partition coefficient (Wildman–Crippen LogP) is 2.77. The minimum atomic E-state index is -0.253. The summed E-state index contributed by atoms with van der Waals surface area (Å²) < 4.78 is 10.9. The number of nitrogens with two attached hydrogens (primary N) is 1. The molecule has 3 N–H and O–H groups in total. The maximum atomic E-state index is 12.9. The molecule has 9 heteroatoms. The number of amides is 1. The number of methoxy groups -OCH3 is 1. The summed E-state index contributed by atoms with van der Waals surface area (Å²) in [4.78, 5) is 18.7. The Morgan fingerprint density at radius 1 is 1.32 bits per heavy atom. The molecule has 0 bridgehead atoms. The van der Waals surface area contributed by atoms with Crippen LogP contribution in [0.4, 0.5) is 5.82 Å². The Hall–Kier alpha value is -3.26. The van der Waals surface area contributed by atoms with Crippen LogP contribution in [-0.2, 0) is 6.54 Å². The van der Waals surface area contributed by atoms with Gasteiger partial charge in [-0.3, -0.25) is 9.89 Å². The van der Waals surface area contributed by atoms with Crippen molar-refractivity contribution in [2.45, 2.75) is 6.54 Å². The van der Waals surface area contributed by atoms with Gasteiger partial charge in [0.15, 0.2) is 5.82 Å². The van der Waals surface area contributed by atoms with E-state index in [1.807, 2.05) is 6.07 Å². The second-order valence-electron chi connectivity index (χ2n) is 5.92. The number of hydrogen-bond acceptors (Lipinski definition) is 6. The number of nitrogens with zero attached hydrogens (tertiary/aromatic N) is 3. The standard InChI is InChI=1S/C19H20ClN5O3/c1-27-17-9-13(5-6-22-17)12-25(19(26)16-11-23-24-18(16)21)7-8-28-15-4-2-3-14(20)10-15/h2-6,9-11H,7-8,12H2,1H3,(H3,21,23,24). The van der Waals surface area contributed by atoms with E-state index in [1.54, 1.807) is 48.5 Å². The fourth-order valence-electron chi connectivity index (χ4n) is 2.61. The molecule has 3 aromatic rings. The van der Waals surface area contributed by atoms with Crippen molar-refractivity contribution in [3.05, 3.63) is 64.9 Å². The van der Waals surface area contributed by atoms with Gasteiger partial charge in [0.1, 0.15) is 17.9 Å². The summed E-state index contributed by atoms with van der Waals surface area (Å²) in [5.41, 5.74) is 6.96. The summed E-state index contributed by atoms with van der Waals surface area (Å²) in [5, 5.41) is 7.01. The van der Waals surface area contributed by atoms with Crippen molar-refractivity contribution >= 4 is 23.3 Å². The van der Waals surface area contributed by atoms with Gasteiger partial charge in [-0.1, -0.05) is 17.7 Å². The third-order valence-electron chi connectivity index (χ3n) is 4.00. The molecule has 0 atom stereocenters. The molecule has 1 aromatic carbocycles. The molecule has 0 aliphatic carbocycles. The molecule has 0 spiro atoms. The molecule has 2 heterocycles.